The Hall–Kier alpha value is -5.40. The van der Waals surface area contributed by atoms with Gasteiger partial charge >= 0.3 is 12.0 Å². The molecule has 4 aliphatic heterocycles. The van der Waals surface area contributed by atoms with Crippen LogP contribution in [0.5, 0.6) is 29.1 Å². The van der Waals surface area contributed by atoms with Crippen LogP contribution in [0.25, 0.3) is 31.8 Å². The van der Waals surface area contributed by atoms with Crippen molar-refractivity contribution in [2.45, 2.75) is 78.0 Å². The van der Waals surface area contributed by atoms with Gasteiger partial charge in [-0.1, -0.05) is 35.3 Å². The number of carbonyl (C=O) groups excluding carboxylic acids is 1. The number of halogens is 3. The van der Waals surface area contributed by atoms with Crippen molar-refractivity contribution in [3.05, 3.63) is 99.3 Å². The highest BCUT2D eigenvalue weighted by molar-refractivity contribution is 7.22. The molecule has 10 rings (SSSR count). The third kappa shape index (κ3) is 12.2. The van der Waals surface area contributed by atoms with Crippen molar-refractivity contribution in [1.82, 2.24) is 34.6 Å². The van der Waals surface area contributed by atoms with Gasteiger partial charge in [-0.05, 0) is 114 Å². The summed E-state index contributed by atoms with van der Waals surface area (Å²) >= 11 is 16.2. The van der Waals surface area contributed by atoms with Crippen molar-refractivity contribution >= 4 is 50.7 Å². The van der Waals surface area contributed by atoms with Gasteiger partial charge in [0.25, 0.3) is 0 Å². The van der Waals surface area contributed by atoms with Gasteiger partial charge in [-0.2, -0.15) is 4.98 Å². The topological polar surface area (TPSA) is 143 Å². The number of carbonyl (C=O) groups is 1. The summed E-state index contributed by atoms with van der Waals surface area (Å²) in [5, 5.41) is 1.14. The van der Waals surface area contributed by atoms with Gasteiger partial charge in [0.1, 0.15) is 66.1 Å². The van der Waals surface area contributed by atoms with Gasteiger partial charge in [-0.3, -0.25) is 4.90 Å². The zero-order valence-corrected chi connectivity index (χ0v) is 44.0. The van der Waals surface area contributed by atoms with E-state index in [0.29, 0.717) is 96.3 Å². The lowest BCUT2D eigenvalue weighted by Crippen LogP contribution is -2.49. The minimum Gasteiger partial charge on any atom is -0.490 e. The molecule has 0 amide bonds. The van der Waals surface area contributed by atoms with Crippen LogP contribution >= 0.6 is 34.5 Å². The molecule has 4 bridgehead atoms. The number of thiophene rings is 1. The maximum atomic E-state index is 14.6. The Labute approximate surface area is 433 Å². The third-order valence-electron chi connectivity index (χ3n) is 12.8. The summed E-state index contributed by atoms with van der Waals surface area (Å²) in [5.41, 5.74) is 3.69. The molecule has 3 aromatic heterocycles. The Morgan fingerprint density at radius 1 is 0.889 bits per heavy atom. The number of hydrogen-bond acceptors (Lipinski definition) is 16. The summed E-state index contributed by atoms with van der Waals surface area (Å²) in [6.07, 6.45) is 2.04. The van der Waals surface area contributed by atoms with Crippen molar-refractivity contribution < 1.29 is 42.3 Å². The third-order valence-corrected chi connectivity index (χ3v) is 14.8. The fourth-order valence-electron chi connectivity index (χ4n) is 9.10. The van der Waals surface area contributed by atoms with Crippen LogP contribution in [0.2, 0.25) is 10.0 Å². The van der Waals surface area contributed by atoms with E-state index in [4.69, 9.17) is 66.3 Å². The first-order valence-corrected chi connectivity index (χ1v) is 25.8. The first-order chi connectivity index (χ1) is 34.6. The molecule has 19 heteroatoms. The maximum Gasteiger partial charge on any atom is 0.348 e. The van der Waals surface area contributed by atoms with Crippen molar-refractivity contribution in [2.75, 3.05) is 79.7 Å². The zero-order valence-electron chi connectivity index (χ0n) is 41.6. The Morgan fingerprint density at radius 2 is 1.65 bits per heavy atom. The molecular weight excluding hydrogens is 985 g/mol. The lowest BCUT2D eigenvalue weighted by atomic mass is 9.92. The van der Waals surface area contributed by atoms with Crippen LogP contribution in [-0.2, 0) is 27.3 Å². The van der Waals surface area contributed by atoms with Crippen LogP contribution in [0.3, 0.4) is 0 Å². The number of aromatic nitrogens is 4. The molecule has 7 heterocycles. The van der Waals surface area contributed by atoms with E-state index in [1.54, 1.807) is 51.2 Å². The highest BCUT2D eigenvalue weighted by atomic mass is 35.5. The second-order valence-corrected chi connectivity index (χ2v) is 21.3. The second-order valence-electron chi connectivity index (χ2n) is 19.6. The summed E-state index contributed by atoms with van der Waals surface area (Å²) in [6.45, 7) is 16.1. The summed E-state index contributed by atoms with van der Waals surface area (Å²) < 4.78 is 59.5. The van der Waals surface area contributed by atoms with Crippen LogP contribution in [0.15, 0.2) is 61.1 Å². The molecule has 0 radical (unpaired) electrons. The molecule has 0 spiro atoms. The van der Waals surface area contributed by atoms with E-state index in [1.165, 1.54) is 29.8 Å². The van der Waals surface area contributed by atoms with Crippen molar-refractivity contribution in [3.63, 3.8) is 0 Å². The number of piperazine rings is 1. The van der Waals surface area contributed by atoms with E-state index in [-0.39, 0.29) is 43.4 Å². The fraction of sp³-hybridized carbons (Fsp3) is 0.453. The van der Waals surface area contributed by atoms with Gasteiger partial charge in [0.2, 0.25) is 12.0 Å². The van der Waals surface area contributed by atoms with E-state index in [9.17, 15) is 9.18 Å². The molecule has 0 N–H and O–H groups in total. The molecule has 382 valence electrons. The van der Waals surface area contributed by atoms with Crippen molar-refractivity contribution in [3.8, 4) is 50.7 Å². The van der Waals surface area contributed by atoms with Crippen LogP contribution in [-0.4, -0.2) is 144 Å². The molecule has 3 aromatic carbocycles. The molecule has 3 atom stereocenters. The average Bonchev–Trinajstić information content (AvgIpc) is 3.60. The Kier molecular flexibility index (Phi) is 16.0. The largest absolute Gasteiger partial charge is 0.490 e. The van der Waals surface area contributed by atoms with E-state index in [1.807, 2.05) is 26.0 Å². The number of ether oxygens (including phenoxy) is 7. The fourth-order valence-corrected chi connectivity index (χ4v) is 10.8. The van der Waals surface area contributed by atoms with Gasteiger partial charge in [-0.25, -0.2) is 24.1 Å². The molecule has 6 aromatic rings. The van der Waals surface area contributed by atoms with Gasteiger partial charge in [-0.15, -0.1) is 11.3 Å². The summed E-state index contributed by atoms with van der Waals surface area (Å²) in [4.78, 5) is 41.1. The molecule has 0 saturated carbocycles. The van der Waals surface area contributed by atoms with E-state index in [0.717, 1.165) is 50.6 Å². The normalized spacial score (nSPS) is 19.4. The smallest absolute Gasteiger partial charge is 0.348 e. The minimum atomic E-state index is -1.27. The van der Waals surface area contributed by atoms with Gasteiger partial charge < -0.3 is 43.0 Å². The van der Waals surface area contributed by atoms with Gasteiger partial charge in [0.15, 0.2) is 5.75 Å². The number of hydrogen-bond donors (Lipinski definition) is 0. The second kappa shape index (κ2) is 22.4. The van der Waals surface area contributed by atoms with E-state index < -0.39 is 23.8 Å². The molecule has 4 aliphatic rings. The number of likely N-dealkylation sites (N-methyl/N-ethyl adjacent to an activating group) is 2. The maximum absolute atomic E-state index is 14.6. The molecule has 0 unspecified atom stereocenters. The summed E-state index contributed by atoms with van der Waals surface area (Å²) in [7, 11) is 4.18. The predicted molar refractivity (Wildman–Crippen MR) is 276 cm³/mol. The molecule has 2 saturated heterocycles. The highest BCUT2D eigenvalue weighted by Gasteiger charge is 2.34. The number of nitrogens with zero attached hydrogens (tertiary/aromatic N) is 7. The number of esters is 1. The molecule has 15 nitrogen and oxygen atoms in total. The van der Waals surface area contributed by atoms with Gasteiger partial charge in [0.05, 0.1) is 21.1 Å². The average molecular weight is 1050 g/mol. The Balaban J connectivity index is 1.14. The quantitative estimate of drug-likeness (QED) is 0.120. The first kappa shape index (κ1) is 51.5. The molecule has 2 fully saturated rings. The SMILES string of the molecule is Cc1c(Cl)c2c(Cl)c(C)c1-c1c(-c3ccc(F)cc3)sc3ncnc(c13)O[C@@H](C(=O)OC(C)(C)C)Cc1cc(ccc1OCc1ccnc(OC[C@@H]3CN(C)CCCO3)n1)OC[C@@H](CN1CCN(C)CC1)O2. The Bertz CT molecular complexity index is 2870. The number of benzene rings is 3. The predicted octanol–water partition coefficient (Wildman–Crippen LogP) is 9.28. The van der Waals surface area contributed by atoms with Crippen LogP contribution in [0.4, 0.5) is 4.39 Å². The molecule has 72 heavy (non-hydrogen) atoms. The summed E-state index contributed by atoms with van der Waals surface area (Å²) in [6, 6.07) is 13.6. The van der Waals surface area contributed by atoms with Crippen LogP contribution in [0.1, 0.15) is 49.6 Å². The van der Waals surface area contributed by atoms with Gasteiger partial charge in [0, 0.05) is 81.0 Å². The van der Waals surface area contributed by atoms with Crippen LogP contribution < -0.4 is 23.7 Å². The minimum absolute atomic E-state index is 0.0313. The van der Waals surface area contributed by atoms with Crippen LogP contribution in [0, 0.1) is 19.7 Å². The summed E-state index contributed by atoms with van der Waals surface area (Å²) in [5.74, 6) is 0.369. The standard InChI is InChI=1S/C53H60Cl2FN7O8S/c1-31-42-32(2)46(55)47(45(31)54)69-39(26-63-20-18-61(6)19-21-63)29-66-37-13-14-40(67-27-36-15-16-57-52(60-36)68-28-38-25-62(7)17-8-22-65-38)34(23-37)24-41(51(64)71-53(3,4)5)70-49-44-43(42)48(72-50(44)59-30-58-49)33-9-11-35(56)12-10-33/h9-16,23,30,38-39,41H,8,17-22,24-29H2,1-7H3/t38-,39+,41+/m0/s1. The Morgan fingerprint density at radius 3 is 2.40 bits per heavy atom. The molecular formula is C53H60Cl2FN7O8S. The number of fused-ring (bicyclic) bond motifs is 7. The van der Waals surface area contributed by atoms with E-state index in [2.05, 4.69) is 38.8 Å². The monoisotopic (exact) mass is 1040 g/mol. The lowest BCUT2D eigenvalue weighted by Gasteiger charge is -2.35. The van der Waals surface area contributed by atoms with Crippen molar-refractivity contribution in [1.29, 1.82) is 0 Å². The van der Waals surface area contributed by atoms with Crippen molar-refractivity contribution in [2.24, 2.45) is 0 Å². The van der Waals surface area contributed by atoms with E-state index >= 15 is 0 Å². The number of rotatable bonds is 10. The molecule has 0 aliphatic carbocycles. The highest BCUT2D eigenvalue weighted by Crippen LogP contribution is 2.53. The lowest BCUT2D eigenvalue weighted by molar-refractivity contribution is -0.163. The first-order valence-electron chi connectivity index (χ1n) is 24.2. The zero-order chi connectivity index (χ0) is 50.7.